The molecule has 0 heterocycles. The van der Waals surface area contributed by atoms with Crippen molar-refractivity contribution in [2.24, 2.45) is 0 Å². The average Bonchev–Trinajstić information content (AvgIpc) is 2.33. The fourth-order valence-corrected chi connectivity index (χ4v) is 2.05. The lowest BCUT2D eigenvalue weighted by Crippen LogP contribution is -2.34. The van der Waals surface area contributed by atoms with Crippen LogP contribution >= 0.6 is 0 Å². The summed E-state index contributed by atoms with van der Waals surface area (Å²) in [6.45, 7) is 2.90. The number of aliphatic hydroxyl groups excluding tert-OH is 1. The van der Waals surface area contributed by atoms with Crippen LogP contribution in [-0.2, 0) is 4.74 Å². The number of nitrogens with one attached hydrogen (secondary N) is 1. The van der Waals surface area contributed by atoms with E-state index in [1.54, 1.807) is 0 Å². The van der Waals surface area contributed by atoms with Gasteiger partial charge < -0.3 is 15.2 Å². The summed E-state index contributed by atoms with van der Waals surface area (Å²) in [6.07, 6.45) is 5.47. The van der Waals surface area contributed by atoms with Gasteiger partial charge in [-0.3, -0.25) is 0 Å². The Morgan fingerprint density at radius 1 is 1.36 bits per heavy atom. The van der Waals surface area contributed by atoms with E-state index in [1.807, 2.05) is 14.0 Å². The summed E-state index contributed by atoms with van der Waals surface area (Å²) in [5, 5.41) is 12.9. The molecular weight excluding hydrogens is 178 g/mol. The smallest absolute Gasteiger partial charge is 0.0838 e. The molecule has 1 aliphatic rings. The van der Waals surface area contributed by atoms with E-state index in [0.29, 0.717) is 0 Å². The van der Waals surface area contributed by atoms with Gasteiger partial charge in [0.1, 0.15) is 0 Å². The van der Waals surface area contributed by atoms with Gasteiger partial charge in [-0.1, -0.05) is 19.3 Å². The average molecular weight is 201 g/mol. The summed E-state index contributed by atoms with van der Waals surface area (Å²) < 4.78 is 5.81. The highest BCUT2D eigenvalue weighted by molar-refractivity contribution is 4.74. The zero-order valence-corrected chi connectivity index (χ0v) is 9.33. The molecule has 3 nitrogen and oxygen atoms in total. The Morgan fingerprint density at radius 3 is 2.79 bits per heavy atom. The summed E-state index contributed by atoms with van der Waals surface area (Å²) >= 11 is 0. The zero-order chi connectivity index (χ0) is 10.4. The van der Waals surface area contributed by atoms with Crippen LogP contribution in [0.1, 0.15) is 39.0 Å². The maximum atomic E-state index is 9.82. The molecule has 1 saturated carbocycles. The molecule has 0 radical (unpaired) electrons. The fourth-order valence-electron chi connectivity index (χ4n) is 2.05. The molecule has 0 aliphatic heterocycles. The maximum Gasteiger partial charge on any atom is 0.0838 e. The van der Waals surface area contributed by atoms with Crippen molar-refractivity contribution >= 4 is 0 Å². The Balaban J connectivity index is 2.32. The van der Waals surface area contributed by atoms with Crippen LogP contribution in [0, 0.1) is 0 Å². The topological polar surface area (TPSA) is 41.5 Å². The van der Waals surface area contributed by atoms with Crippen LogP contribution in [-0.4, -0.2) is 37.0 Å². The van der Waals surface area contributed by atoms with Gasteiger partial charge in [-0.2, -0.15) is 0 Å². The summed E-state index contributed by atoms with van der Waals surface area (Å²) in [6, 6.07) is 0. The molecule has 0 aromatic carbocycles. The molecule has 3 heteroatoms. The molecule has 1 rings (SSSR count). The first-order valence-electron chi connectivity index (χ1n) is 5.72. The summed E-state index contributed by atoms with van der Waals surface area (Å²) in [5.41, 5.74) is 0. The molecule has 84 valence electrons. The van der Waals surface area contributed by atoms with Crippen molar-refractivity contribution in [1.82, 2.24) is 5.32 Å². The monoisotopic (exact) mass is 201 g/mol. The number of hydrogen-bond acceptors (Lipinski definition) is 3. The molecule has 1 aliphatic carbocycles. The largest absolute Gasteiger partial charge is 0.390 e. The van der Waals surface area contributed by atoms with Crippen molar-refractivity contribution in [3.8, 4) is 0 Å². The summed E-state index contributed by atoms with van der Waals surface area (Å²) in [5.74, 6) is 0. The second-order valence-electron chi connectivity index (χ2n) is 4.25. The highest BCUT2D eigenvalue weighted by Crippen LogP contribution is 2.21. The highest BCUT2D eigenvalue weighted by Gasteiger charge is 2.23. The normalized spacial score (nSPS) is 31.1. The van der Waals surface area contributed by atoms with E-state index in [4.69, 9.17) is 4.74 Å². The SMILES string of the molecule is CNCC(C)OC1CCCCCC1O. The molecule has 0 aromatic heterocycles. The lowest BCUT2D eigenvalue weighted by atomic mass is 10.1. The van der Waals surface area contributed by atoms with Gasteiger partial charge in [0.2, 0.25) is 0 Å². The number of hydrogen-bond donors (Lipinski definition) is 2. The molecule has 0 amide bonds. The molecule has 14 heavy (non-hydrogen) atoms. The van der Waals surface area contributed by atoms with E-state index in [9.17, 15) is 5.11 Å². The minimum atomic E-state index is -0.253. The third-order valence-corrected chi connectivity index (χ3v) is 2.82. The van der Waals surface area contributed by atoms with Crippen molar-refractivity contribution in [2.45, 2.75) is 57.3 Å². The molecule has 1 fully saturated rings. The predicted octanol–water partition coefficient (Wildman–Crippen LogP) is 1.30. The first kappa shape index (κ1) is 12.0. The van der Waals surface area contributed by atoms with Crippen molar-refractivity contribution in [1.29, 1.82) is 0 Å². The molecule has 0 spiro atoms. The van der Waals surface area contributed by atoms with Gasteiger partial charge in [0.25, 0.3) is 0 Å². The van der Waals surface area contributed by atoms with Crippen molar-refractivity contribution in [3.63, 3.8) is 0 Å². The Kier molecular flexibility index (Phi) is 5.45. The van der Waals surface area contributed by atoms with Gasteiger partial charge in [0.05, 0.1) is 18.3 Å². The van der Waals surface area contributed by atoms with Crippen molar-refractivity contribution in [2.75, 3.05) is 13.6 Å². The van der Waals surface area contributed by atoms with Crippen LogP contribution in [0.4, 0.5) is 0 Å². The minimum Gasteiger partial charge on any atom is -0.390 e. The van der Waals surface area contributed by atoms with Crippen LogP contribution in [0.25, 0.3) is 0 Å². The zero-order valence-electron chi connectivity index (χ0n) is 9.33. The molecule has 3 atom stereocenters. The summed E-state index contributed by atoms with van der Waals surface area (Å²) in [7, 11) is 1.92. The van der Waals surface area contributed by atoms with Crippen molar-refractivity contribution in [3.05, 3.63) is 0 Å². The fraction of sp³-hybridized carbons (Fsp3) is 1.00. The van der Waals surface area contributed by atoms with E-state index in [-0.39, 0.29) is 18.3 Å². The second-order valence-corrected chi connectivity index (χ2v) is 4.25. The summed E-state index contributed by atoms with van der Waals surface area (Å²) in [4.78, 5) is 0. The third-order valence-electron chi connectivity index (χ3n) is 2.82. The third kappa shape index (κ3) is 3.95. The standard InChI is InChI=1S/C11H23NO2/c1-9(8-12-2)14-11-7-5-3-4-6-10(11)13/h9-13H,3-8H2,1-2H3. The van der Waals surface area contributed by atoms with Crippen LogP contribution < -0.4 is 5.32 Å². The lowest BCUT2D eigenvalue weighted by molar-refractivity contribution is -0.0716. The van der Waals surface area contributed by atoms with E-state index >= 15 is 0 Å². The van der Waals surface area contributed by atoms with Crippen molar-refractivity contribution < 1.29 is 9.84 Å². The van der Waals surface area contributed by atoms with Crippen LogP contribution in [0.3, 0.4) is 0 Å². The van der Waals surface area contributed by atoms with Gasteiger partial charge in [-0.15, -0.1) is 0 Å². The highest BCUT2D eigenvalue weighted by atomic mass is 16.5. The van der Waals surface area contributed by atoms with Crippen LogP contribution in [0.2, 0.25) is 0 Å². The Hall–Kier alpha value is -0.120. The van der Waals surface area contributed by atoms with E-state index in [0.717, 1.165) is 25.8 Å². The number of likely N-dealkylation sites (N-methyl/N-ethyl adjacent to an activating group) is 1. The first-order valence-corrected chi connectivity index (χ1v) is 5.72. The van der Waals surface area contributed by atoms with E-state index in [2.05, 4.69) is 5.32 Å². The van der Waals surface area contributed by atoms with Gasteiger partial charge in [0.15, 0.2) is 0 Å². The molecule has 2 N–H and O–H groups in total. The van der Waals surface area contributed by atoms with Gasteiger partial charge in [0, 0.05) is 6.54 Å². The quantitative estimate of drug-likeness (QED) is 0.674. The molecular formula is C11H23NO2. The minimum absolute atomic E-state index is 0.0563. The van der Waals surface area contributed by atoms with E-state index in [1.165, 1.54) is 12.8 Å². The Labute approximate surface area is 86.8 Å². The van der Waals surface area contributed by atoms with Gasteiger partial charge in [-0.25, -0.2) is 0 Å². The Morgan fingerprint density at radius 2 is 2.07 bits per heavy atom. The molecule has 3 unspecified atom stereocenters. The van der Waals surface area contributed by atoms with Crippen LogP contribution in [0.15, 0.2) is 0 Å². The number of ether oxygens (including phenoxy) is 1. The number of aliphatic hydroxyl groups is 1. The predicted molar refractivity (Wildman–Crippen MR) is 57.4 cm³/mol. The maximum absolute atomic E-state index is 9.82. The molecule has 0 bridgehead atoms. The Bertz CT molecular complexity index is 152. The van der Waals surface area contributed by atoms with Crippen LogP contribution in [0.5, 0.6) is 0 Å². The molecule has 0 aromatic rings. The van der Waals surface area contributed by atoms with E-state index < -0.39 is 0 Å². The second kappa shape index (κ2) is 6.38. The number of rotatable bonds is 4. The van der Waals surface area contributed by atoms with Gasteiger partial charge in [-0.05, 0) is 26.8 Å². The van der Waals surface area contributed by atoms with Gasteiger partial charge >= 0.3 is 0 Å². The first-order chi connectivity index (χ1) is 6.74. The lowest BCUT2D eigenvalue weighted by Gasteiger charge is -2.24. The molecule has 0 saturated heterocycles.